The first kappa shape index (κ1) is 15.0. The van der Waals surface area contributed by atoms with Crippen molar-refractivity contribution < 1.29 is 0 Å². The zero-order valence-electron chi connectivity index (χ0n) is 12.1. The summed E-state index contributed by atoms with van der Waals surface area (Å²) in [6.45, 7) is 5.19. The number of hydrogen-bond donors (Lipinski definition) is 1. The van der Waals surface area contributed by atoms with E-state index in [0.717, 1.165) is 35.8 Å². The van der Waals surface area contributed by atoms with Crippen LogP contribution in [0.15, 0.2) is 42.5 Å². The fourth-order valence-electron chi connectivity index (χ4n) is 2.26. The number of nitrogens with one attached hydrogen (secondary N) is 1. The predicted molar refractivity (Wildman–Crippen MR) is 85.2 cm³/mol. The van der Waals surface area contributed by atoms with E-state index in [1.54, 1.807) is 0 Å². The Morgan fingerprint density at radius 1 is 1.20 bits per heavy atom. The topological polar surface area (TPSA) is 24.9 Å². The molecule has 0 aliphatic carbocycles. The fourth-order valence-corrected chi connectivity index (χ4v) is 2.47. The summed E-state index contributed by atoms with van der Waals surface area (Å²) in [5.74, 6) is 0. The predicted octanol–water partition coefficient (Wildman–Crippen LogP) is 4.33. The van der Waals surface area contributed by atoms with E-state index in [4.69, 9.17) is 11.6 Å². The second-order valence-electron chi connectivity index (χ2n) is 5.04. The van der Waals surface area contributed by atoms with Crippen LogP contribution in [0.4, 0.5) is 0 Å². The Hall–Kier alpha value is -1.38. The van der Waals surface area contributed by atoms with Crippen molar-refractivity contribution in [2.45, 2.75) is 32.7 Å². The van der Waals surface area contributed by atoms with E-state index in [1.165, 1.54) is 5.56 Å². The number of hydrogen-bond acceptors (Lipinski definition) is 2. The second-order valence-corrected chi connectivity index (χ2v) is 5.48. The number of pyridine rings is 1. The van der Waals surface area contributed by atoms with Crippen LogP contribution in [0.1, 0.15) is 36.3 Å². The molecule has 0 spiro atoms. The monoisotopic (exact) mass is 288 g/mol. The molecule has 1 atom stereocenters. The van der Waals surface area contributed by atoms with E-state index >= 15 is 0 Å². The van der Waals surface area contributed by atoms with Gasteiger partial charge in [-0.15, -0.1) is 0 Å². The quantitative estimate of drug-likeness (QED) is 0.856. The molecule has 0 radical (unpaired) electrons. The lowest BCUT2D eigenvalue weighted by molar-refractivity contribution is 0.517. The van der Waals surface area contributed by atoms with Gasteiger partial charge in [-0.2, -0.15) is 0 Å². The Kier molecular flexibility index (Phi) is 5.57. The molecule has 2 aromatic rings. The third-order valence-corrected chi connectivity index (χ3v) is 3.47. The van der Waals surface area contributed by atoms with Gasteiger partial charge in [0.25, 0.3) is 0 Å². The number of benzene rings is 1. The first-order valence-corrected chi connectivity index (χ1v) is 7.48. The van der Waals surface area contributed by atoms with Gasteiger partial charge >= 0.3 is 0 Å². The van der Waals surface area contributed by atoms with Crippen LogP contribution in [-0.2, 0) is 6.42 Å². The molecule has 0 saturated heterocycles. The third-order valence-electron chi connectivity index (χ3n) is 3.24. The zero-order valence-corrected chi connectivity index (χ0v) is 12.8. The normalized spacial score (nSPS) is 12.3. The maximum atomic E-state index is 6.07. The lowest BCUT2D eigenvalue weighted by Gasteiger charge is -2.18. The summed E-state index contributed by atoms with van der Waals surface area (Å²) < 4.78 is 0. The van der Waals surface area contributed by atoms with Gasteiger partial charge in [-0.05, 0) is 56.1 Å². The van der Waals surface area contributed by atoms with Crippen molar-refractivity contribution in [2.24, 2.45) is 0 Å². The molecule has 0 saturated carbocycles. The maximum Gasteiger partial charge on any atom is 0.0579 e. The highest BCUT2D eigenvalue weighted by Crippen LogP contribution is 2.19. The molecule has 1 aromatic heterocycles. The first-order chi connectivity index (χ1) is 9.69. The molecule has 1 N–H and O–H groups in total. The smallest absolute Gasteiger partial charge is 0.0579 e. The van der Waals surface area contributed by atoms with Crippen molar-refractivity contribution in [2.75, 3.05) is 6.54 Å². The van der Waals surface area contributed by atoms with E-state index in [1.807, 2.05) is 31.2 Å². The minimum absolute atomic E-state index is 0.230. The molecule has 1 aromatic carbocycles. The van der Waals surface area contributed by atoms with E-state index in [-0.39, 0.29) is 6.04 Å². The molecule has 0 fully saturated rings. The summed E-state index contributed by atoms with van der Waals surface area (Å²) in [6, 6.07) is 14.5. The van der Waals surface area contributed by atoms with Gasteiger partial charge in [0, 0.05) is 10.7 Å². The van der Waals surface area contributed by atoms with Gasteiger partial charge in [0.1, 0.15) is 0 Å². The van der Waals surface area contributed by atoms with Crippen LogP contribution in [0.3, 0.4) is 0 Å². The van der Waals surface area contributed by atoms with E-state index in [9.17, 15) is 0 Å². The highest BCUT2D eigenvalue weighted by atomic mass is 35.5. The average molecular weight is 289 g/mol. The molecule has 20 heavy (non-hydrogen) atoms. The Bertz CT molecular complexity index is 554. The fraction of sp³-hybridized carbons (Fsp3) is 0.353. The number of rotatable bonds is 6. The molecule has 2 rings (SSSR count). The van der Waals surface area contributed by atoms with Crippen LogP contribution >= 0.6 is 11.6 Å². The Balaban J connectivity index is 2.19. The Morgan fingerprint density at radius 3 is 2.70 bits per heavy atom. The molecule has 0 aliphatic rings. The Morgan fingerprint density at radius 2 is 2.00 bits per heavy atom. The van der Waals surface area contributed by atoms with Gasteiger partial charge < -0.3 is 5.32 Å². The SMILES string of the molecule is CCCNC(Cc1cccc(Cl)c1)c1cccc(C)n1. The number of aromatic nitrogens is 1. The molecule has 1 heterocycles. The Labute approximate surface area is 126 Å². The van der Waals surface area contributed by atoms with Gasteiger partial charge in [-0.25, -0.2) is 0 Å². The summed E-state index contributed by atoms with van der Waals surface area (Å²) in [5.41, 5.74) is 3.38. The second kappa shape index (κ2) is 7.41. The highest BCUT2D eigenvalue weighted by Gasteiger charge is 2.13. The third kappa shape index (κ3) is 4.32. The lowest BCUT2D eigenvalue weighted by atomic mass is 10.0. The van der Waals surface area contributed by atoms with E-state index in [0.29, 0.717) is 0 Å². The van der Waals surface area contributed by atoms with Crippen molar-refractivity contribution in [1.82, 2.24) is 10.3 Å². The lowest BCUT2D eigenvalue weighted by Crippen LogP contribution is -2.25. The minimum atomic E-state index is 0.230. The molecule has 0 aliphatic heterocycles. The number of halogens is 1. The van der Waals surface area contributed by atoms with Crippen LogP contribution in [-0.4, -0.2) is 11.5 Å². The molecule has 0 bridgehead atoms. The first-order valence-electron chi connectivity index (χ1n) is 7.10. The summed E-state index contributed by atoms with van der Waals surface area (Å²) in [7, 11) is 0. The van der Waals surface area contributed by atoms with Crippen LogP contribution in [0.2, 0.25) is 5.02 Å². The van der Waals surface area contributed by atoms with Crippen LogP contribution in [0.25, 0.3) is 0 Å². The summed E-state index contributed by atoms with van der Waals surface area (Å²) >= 11 is 6.07. The van der Waals surface area contributed by atoms with Crippen molar-refractivity contribution in [1.29, 1.82) is 0 Å². The molecule has 0 amide bonds. The minimum Gasteiger partial charge on any atom is -0.308 e. The zero-order chi connectivity index (χ0) is 14.4. The summed E-state index contributed by atoms with van der Waals surface area (Å²) in [5, 5.41) is 4.36. The van der Waals surface area contributed by atoms with Gasteiger partial charge in [0.15, 0.2) is 0 Å². The maximum absolute atomic E-state index is 6.07. The molecule has 106 valence electrons. The van der Waals surface area contributed by atoms with Crippen LogP contribution < -0.4 is 5.32 Å². The summed E-state index contributed by atoms with van der Waals surface area (Å²) in [4.78, 5) is 4.65. The standard InChI is InChI=1S/C17H21ClN2/c1-3-10-19-17(16-9-4-6-13(2)20-16)12-14-7-5-8-15(18)11-14/h4-9,11,17,19H,3,10,12H2,1-2H3. The highest BCUT2D eigenvalue weighted by molar-refractivity contribution is 6.30. The van der Waals surface area contributed by atoms with Gasteiger partial charge in [-0.1, -0.05) is 36.7 Å². The van der Waals surface area contributed by atoms with Crippen LogP contribution in [0.5, 0.6) is 0 Å². The van der Waals surface area contributed by atoms with Crippen molar-refractivity contribution in [3.05, 3.63) is 64.4 Å². The van der Waals surface area contributed by atoms with Crippen LogP contribution in [0, 0.1) is 6.92 Å². The number of nitrogens with zero attached hydrogens (tertiary/aromatic N) is 1. The molecular weight excluding hydrogens is 268 g/mol. The molecule has 1 unspecified atom stereocenters. The van der Waals surface area contributed by atoms with Crippen molar-refractivity contribution in [3.8, 4) is 0 Å². The number of aryl methyl sites for hydroxylation is 1. The van der Waals surface area contributed by atoms with E-state index < -0.39 is 0 Å². The van der Waals surface area contributed by atoms with Crippen molar-refractivity contribution >= 4 is 11.6 Å². The largest absolute Gasteiger partial charge is 0.308 e. The van der Waals surface area contributed by atoms with E-state index in [2.05, 4.69) is 35.4 Å². The van der Waals surface area contributed by atoms with Gasteiger partial charge in [0.05, 0.1) is 11.7 Å². The van der Waals surface area contributed by atoms with Gasteiger partial charge in [-0.3, -0.25) is 4.98 Å². The van der Waals surface area contributed by atoms with Crippen molar-refractivity contribution in [3.63, 3.8) is 0 Å². The summed E-state index contributed by atoms with van der Waals surface area (Å²) in [6.07, 6.45) is 2.01. The average Bonchev–Trinajstić information content (AvgIpc) is 2.43. The van der Waals surface area contributed by atoms with Gasteiger partial charge in [0.2, 0.25) is 0 Å². The molecule has 2 nitrogen and oxygen atoms in total. The molecule has 3 heteroatoms. The molecular formula is C17H21ClN2.